The lowest BCUT2D eigenvalue weighted by atomic mass is 9.96. The van der Waals surface area contributed by atoms with Gasteiger partial charge in [0.2, 0.25) is 0 Å². The quantitative estimate of drug-likeness (QED) is 0.726. The van der Waals surface area contributed by atoms with Crippen LogP contribution in [0.5, 0.6) is 11.5 Å². The number of aromatic hydroxyl groups is 2. The van der Waals surface area contributed by atoms with E-state index >= 15 is 0 Å². The van der Waals surface area contributed by atoms with Gasteiger partial charge in [0.1, 0.15) is 11.5 Å². The fourth-order valence-corrected chi connectivity index (χ4v) is 2.87. The minimum atomic E-state index is 0.312. The molecule has 0 bridgehead atoms. The molecule has 0 atom stereocenters. The number of hydrogen-bond donors (Lipinski definition) is 2. The molecular formula is C19H18O2. The van der Waals surface area contributed by atoms with Crippen LogP contribution in [0.3, 0.4) is 0 Å². The lowest BCUT2D eigenvalue weighted by molar-refractivity contribution is 0.466. The van der Waals surface area contributed by atoms with Gasteiger partial charge >= 0.3 is 0 Å². The van der Waals surface area contributed by atoms with E-state index < -0.39 is 0 Å². The number of rotatable bonds is 2. The molecule has 0 aliphatic heterocycles. The normalized spacial score (nSPS) is 11.0. The van der Waals surface area contributed by atoms with Crippen LogP contribution in [-0.2, 0) is 6.42 Å². The summed E-state index contributed by atoms with van der Waals surface area (Å²) in [5, 5.41) is 21.8. The van der Waals surface area contributed by atoms with Crippen LogP contribution in [0.1, 0.15) is 22.3 Å². The molecule has 3 aromatic carbocycles. The molecule has 3 rings (SSSR count). The van der Waals surface area contributed by atoms with Gasteiger partial charge in [-0.15, -0.1) is 0 Å². The first kappa shape index (κ1) is 13.5. The Kier molecular flexibility index (Phi) is 3.30. The third-order valence-corrected chi connectivity index (χ3v) is 3.94. The van der Waals surface area contributed by atoms with Crippen molar-refractivity contribution < 1.29 is 10.2 Å². The van der Waals surface area contributed by atoms with Crippen molar-refractivity contribution in [2.75, 3.05) is 0 Å². The summed E-state index contributed by atoms with van der Waals surface area (Å²) in [6.45, 7) is 3.83. The number of fused-ring (bicyclic) bond motifs is 1. The van der Waals surface area contributed by atoms with Crippen molar-refractivity contribution in [2.45, 2.75) is 20.3 Å². The highest BCUT2D eigenvalue weighted by Crippen LogP contribution is 2.30. The first-order valence-electron chi connectivity index (χ1n) is 7.05. The summed E-state index contributed by atoms with van der Waals surface area (Å²) in [7, 11) is 0. The van der Waals surface area contributed by atoms with Crippen LogP contribution >= 0.6 is 0 Å². The van der Waals surface area contributed by atoms with Gasteiger partial charge < -0.3 is 10.2 Å². The van der Waals surface area contributed by atoms with Gasteiger partial charge in [0.25, 0.3) is 0 Å². The maximum atomic E-state index is 9.95. The van der Waals surface area contributed by atoms with Crippen LogP contribution in [0.15, 0.2) is 48.5 Å². The smallest absolute Gasteiger partial charge is 0.123 e. The molecule has 0 aliphatic carbocycles. The van der Waals surface area contributed by atoms with Gasteiger partial charge in [0, 0.05) is 5.39 Å². The number of hydrogen-bond acceptors (Lipinski definition) is 2. The monoisotopic (exact) mass is 278 g/mol. The highest BCUT2D eigenvalue weighted by atomic mass is 16.3. The maximum Gasteiger partial charge on any atom is 0.123 e. The highest BCUT2D eigenvalue weighted by molar-refractivity contribution is 5.91. The molecule has 0 amide bonds. The molecule has 2 nitrogen and oxygen atoms in total. The van der Waals surface area contributed by atoms with Gasteiger partial charge in [-0.3, -0.25) is 0 Å². The van der Waals surface area contributed by atoms with E-state index in [2.05, 4.69) is 0 Å². The van der Waals surface area contributed by atoms with E-state index in [0.29, 0.717) is 11.5 Å². The Morgan fingerprint density at radius 1 is 0.810 bits per heavy atom. The summed E-state index contributed by atoms with van der Waals surface area (Å²) < 4.78 is 0. The topological polar surface area (TPSA) is 40.5 Å². The molecule has 0 spiro atoms. The Morgan fingerprint density at radius 3 is 2.10 bits per heavy atom. The molecule has 2 heteroatoms. The van der Waals surface area contributed by atoms with Gasteiger partial charge in [-0.05, 0) is 54.0 Å². The highest BCUT2D eigenvalue weighted by Gasteiger charge is 2.08. The minimum absolute atomic E-state index is 0.312. The fraction of sp³-hybridized carbons (Fsp3) is 0.158. The molecule has 2 N–H and O–H groups in total. The third-order valence-electron chi connectivity index (χ3n) is 3.94. The average Bonchev–Trinajstić information content (AvgIpc) is 2.48. The van der Waals surface area contributed by atoms with Crippen LogP contribution in [0.2, 0.25) is 0 Å². The van der Waals surface area contributed by atoms with Crippen molar-refractivity contribution >= 4 is 10.8 Å². The van der Waals surface area contributed by atoms with Gasteiger partial charge in [0.05, 0.1) is 0 Å². The van der Waals surface area contributed by atoms with E-state index in [-0.39, 0.29) is 0 Å². The summed E-state index contributed by atoms with van der Waals surface area (Å²) in [5.41, 5.74) is 4.13. The van der Waals surface area contributed by atoms with Gasteiger partial charge in [0.15, 0.2) is 0 Å². The van der Waals surface area contributed by atoms with Crippen LogP contribution in [0, 0.1) is 13.8 Å². The maximum absolute atomic E-state index is 9.95. The number of aryl methyl sites for hydroxylation is 2. The van der Waals surface area contributed by atoms with Gasteiger partial charge in [-0.2, -0.15) is 0 Å². The zero-order valence-electron chi connectivity index (χ0n) is 12.2. The molecule has 0 radical (unpaired) electrons. The lowest BCUT2D eigenvalue weighted by Gasteiger charge is -2.11. The van der Waals surface area contributed by atoms with Crippen molar-refractivity contribution in [3.63, 3.8) is 0 Å². The van der Waals surface area contributed by atoms with Crippen molar-refractivity contribution in [1.29, 1.82) is 0 Å². The van der Waals surface area contributed by atoms with Crippen LogP contribution in [0.25, 0.3) is 10.8 Å². The Morgan fingerprint density at radius 2 is 1.43 bits per heavy atom. The van der Waals surface area contributed by atoms with Crippen molar-refractivity contribution in [3.05, 3.63) is 70.8 Å². The second-order valence-electron chi connectivity index (χ2n) is 5.54. The number of phenolic OH excluding ortho intramolecular Hbond substituents is 2. The molecule has 0 unspecified atom stereocenters. The lowest BCUT2D eigenvalue weighted by Crippen LogP contribution is -1.93. The molecule has 0 aliphatic rings. The predicted molar refractivity (Wildman–Crippen MR) is 86.0 cm³/mol. The molecule has 106 valence electrons. The van der Waals surface area contributed by atoms with E-state index in [4.69, 9.17) is 0 Å². The van der Waals surface area contributed by atoms with E-state index in [9.17, 15) is 10.2 Å². The molecule has 0 fully saturated rings. The SMILES string of the molecule is Cc1cc(Cc2ccc(O)c3ccccc23)cc(C)c1O. The Bertz CT molecular complexity index is 796. The molecule has 3 aromatic rings. The molecule has 0 aromatic heterocycles. The summed E-state index contributed by atoms with van der Waals surface area (Å²) in [5.74, 6) is 0.682. The van der Waals surface area contributed by atoms with E-state index in [1.54, 1.807) is 6.07 Å². The van der Waals surface area contributed by atoms with Crippen LogP contribution < -0.4 is 0 Å². The molecule has 0 heterocycles. The molecule has 0 saturated carbocycles. The summed E-state index contributed by atoms with van der Waals surface area (Å²) >= 11 is 0. The fourth-order valence-electron chi connectivity index (χ4n) is 2.87. The molecule has 0 saturated heterocycles. The Balaban J connectivity index is 2.09. The first-order chi connectivity index (χ1) is 10.1. The molecule has 21 heavy (non-hydrogen) atoms. The van der Waals surface area contributed by atoms with E-state index in [1.165, 1.54) is 11.1 Å². The standard InChI is InChI=1S/C19H18O2/c1-12-9-14(10-13(2)19(12)21)11-15-7-8-18(20)17-6-4-3-5-16(15)17/h3-10,20-21H,11H2,1-2H3. The van der Waals surface area contributed by atoms with Crippen molar-refractivity contribution in [2.24, 2.45) is 0 Å². The Hall–Kier alpha value is -2.48. The van der Waals surface area contributed by atoms with E-state index in [1.807, 2.05) is 56.3 Å². The summed E-state index contributed by atoms with van der Waals surface area (Å²) in [6.07, 6.45) is 0.781. The van der Waals surface area contributed by atoms with Crippen molar-refractivity contribution in [3.8, 4) is 11.5 Å². The zero-order valence-corrected chi connectivity index (χ0v) is 12.2. The third kappa shape index (κ3) is 2.45. The minimum Gasteiger partial charge on any atom is -0.507 e. The first-order valence-corrected chi connectivity index (χ1v) is 7.05. The second kappa shape index (κ2) is 5.13. The number of phenols is 2. The van der Waals surface area contributed by atoms with Gasteiger partial charge in [-0.25, -0.2) is 0 Å². The number of benzene rings is 3. The zero-order chi connectivity index (χ0) is 15.0. The summed E-state index contributed by atoms with van der Waals surface area (Å²) in [4.78, 5) is 0. The van der Waals surface area contributed by atoms with Crippen LogP contribution in [-0.4, -0.2) is 10.2 Å². The van der Waals surface area contributed by atoms with Crippen LogP contribution in [0.4, 0.5) is 0 Å². The van der Waals surface area contributed by atoms with Crippen molar-refractivity contribution in [1.82, 2.24) is 0 Å². The average molecular weight is 278 g/mol. The Labute approximate surface area is 124 Å². The van der Waals surface area contributed by atoms with Gasteiger partial charge in [-0.1, -0.05) is 42.5 Å². The largest absolute Gasteiger partial charge is 0.507 e. The summed E-state index contributed by atoms with van der Waals surface area (Å²) in [6, 6.07) is 15.6. The molecular weight excluding hydrogens is 260 g/mol. The second-order valence-corrected chi connectivity index (χ2v) is 5.54. The predicted octanol–water partition coefficient (Wildman–Crippen LogP) is 4.46. The van der Waals surface area contributed by atoms with E-state index in [0.717, 1.165) is 28.3 Å².